The standard InChI is InChI=1S/C20H31FN4O2.HI/c1-3-8-25-9-5-18(6-10-25)24-20(22-2)23-7-4-15-11-17(21)12-16-13-26-14-27-19(15)16;/h11-12,18H,3-10,13-14H2,1-2H3,(H2,22,23,24);1H. The van der Waals surface area contributed by atoms with Gasteiger partial charge in [0.05, 0.1) is 6.61 Å². The number of nitrogens with zero attached hydrogens (tertiary/aromatic N) is 2. The molecule has 6 nitrogen and oxygen atoms in total. The molecule has 3 rings (SSSR count). The highest BCUT2D eigenvalue weighted by molar-refractivity contribution is 14.0. The van der Waals surface area contributed by atoms with Crippen molar-refractivity contribution in [2.24, 2.45) is 4.99 Å². The van der Waals surface area contributed by atoms with E-state index in [0.29, 0.717) is 25.6 Å². The summed E-state index contributed by atoms with van der Waals surface area (Å²) in [5.41, 5.74) is 1.64. The number of aliphatic imine (C=N–C) groups is 1. The number of piperidine rings is 1. The number of ether oxygens (including phenoxy) is 2. The first-order chi connectivity index (χ1) is 13.2. The predicted octanol–water partition coefficient (Wildman–Crippen LogP) is 2.89. The second kappa shape index (κ2) is 11.8. The van der Waals surface area contributed by atoms with Crippen LogP contribution in [0.25, 0.3) is 0 Å². The largest absolute Gasteiger partial charge is 0.467 e. The summed E-state index contributed by atoms with van der Waals surface area (Å²) in [4.78, 5) is 6.85. The summed E-state index contributed by atoms with van der Waals surface area (Å²) in [5.74, 6) is 1.31. The SMILES string of the molecule is CCCN1CCC(NC(=NC)NCCc2cc(F)cc3c2OCOC3)CC1.I. The van der Waals surface area contributed by atoms with Crippen molar-refractivity contribution in [1.29, 1.82) is 0 Å². The van der Waals surface area contributed by atoms with Crippen molar-refractivity contribution in [3.63, 3.8) is 0 Å². The molecule has 2 aliphatic rings. The molecule has 1 saturated heterocycles. The van der Waals surface area contributed by atoms with E-state index in [1.165, 1.54) is 19.0 Å². The molecule has 0 aliphatic carbocycles. The van der Waals surface area contributed by atoms with Gasteiger partial charge >= 0.3 is 0 Å². The number of likely N-dealkylation sites (tertiary alicyclic amines) is 1. The van der Waals surface area contributed by atoms with Crippen LogP contribution in [0.5, 0.6) is 5.75 Å². The smallest absolute Gasteiger partial charge is 0.191 e. The summed E-state index contributed by atoms with van der Waals surface area (Å²) in [6.07, 6.45) is 4.13. The zero-order chi connectivity index (χ0) is 19.1. The lowest BCUT2D eigenvalue weighted by Gasteiger charge is -2.32. The molecule has 2 heterocycles. The number of fused-ring (bicyclic) bond motifs is 1. The highest BCUT2D eigenvalue weighted by atomic mass is 127. The number of halogens is 2. The van der Waals surface area contributed by atoms with Gasteiger partial charge in [-0.25, -0.2) is 4.39 Å². The Bertz CT molecular complexity index is 651. The van der Waals surface area contributed by atoms with Crippen LogP contribution in [-0.2, 0) is 17.8 Å². The Kier molecular flexibility index (Phi) is 9.73. The summed E-state index contributed by atoms with van der Waals surface area (Å²) >= 11 is 0. The van der Waals surface area contributed by atoms with Gasteiger partial charge in [0.25, 0.3) is 0 Å². The van der Waals surface area contributed by atoms with Crippen molar-refractivity contribution in [3.05, 3.63) is 29.1 Å². The molecule has 1 fully saturated rings. The molecule has 0 spiro atoms. The lowest BCUT2D eigenvalue weighted by Crippen LogP contribution is -2.49. The molecule has 0 saturated carbocycles. The van der Waals surface area contributed by atoms with E-state index in [2.05, 4.69) is 27.4 Å². The average Bonchev–Trinajstić information content (AvgIpc) is 2.68. The molecule has 0 atom stereocenters. The van der Waals surface area contributed by atoms with Gasteiger partial charge in [-0.15, -0.1) is 24.0 Å². The maximum Gasteiger partial charge on any atom is 0.191 e. The van der Waals surface area contributed by atoms with E-state index in [1.807, 2.05) is 0 Å². The first kappa shape index (κ1) is 23.2. The Morgan fingerprint density at radius 1 is 1.32 bits per heavy atom. The molecule has 0 bridgehead atoms. The summed E-state index contributed by atoms with van der Waals surface area (Å²) in [5, 5.41) is 6.86. The molecule has 2 N–H and O–H groups in total. The van der Waals surface area contributed by atoms with Crippen LogP contribution in [-0.4, -0.2) is 56.9 Å². The molecule has 0 radical (unpaired) electrons. The lowest BCUT2D eigenvalue weighted by atomic mass is 10.0. The van der Waals surface area contributed by atoms with Crippen LogP contribution in [0.4, 0.5) is 4.39 Å². The van der Waals surface area contributed by atoms with Crippen molar-refractivity contribution in [2.75, 3.05) is 40.0 Å². The second-order valence-electron chi connectivity index (χ2n) is 7.17. The first-order valence-corrected chi connectivity index (χ1v) is 9.91. The van der Waals surface area contributed by atoms with Crippen LogP contribution < -0.4 is 15.4 Å². The molecule has 2 aliphatic heterocycles. The fourth-order valence-electron chi connectivity index (χ4n) is 3.76. The molecular weight excluding hydrogens is 474 g/mol. The van der Waals surface area contributed by atoms with Gasteiger partial charge in [0.1, 0.15) is 11.6 Å². The molecule has 1 aromatic rings. The summed E-state index contributed by atoms with van der Waals surface area (Å²) in [6, 6.07) is 3.48. The van der Waals surface area contributed by atoms with E-state index in [9.17, 15) is 4.39 Å². The van der Waals surface area contributed by atoms with Gasteiger partial charge in [-0.2, -0.15) is 0 Å². The van der Waals surface area contributed by atoms with Crippen LogP contribution in [0.3, 0.4) is 0 Å². The zero-order valence-corrected chi connectivity index (χ0v) is 19.1. The van der Waals surface area contributed by atoms with Gasteiger partial charge in [-0.05, 0) is 49.9 Å². The lowest BCUT2D eigenvalue weighted by molar-refractivity contribution is -0.0172. The average molecular weight is 506 g/mol. The molecule has 1 aromatic carbocycles. The van der Waals surface area contributed by atoms with Crippen molar-refractivity contribution >= 4 is 29.9 Å². The highest BCUT2D eigenvalue weighted by Gasteiger charge is 2.20. The topological polar surface area (TPSA) is 58.1 Å². The third kappa shape index (κ3) is 6.45. The maximum absolute atomic E-state index is 13.8. The fourth-order valence-corrected chi connectivity index (χ4v) is 3.76. The predicted molar refractivity (Wildman–Crippen MR) is 120 cm³/mol. The Labute approximate surface area is 184 Å². The van der Waals surface area contributed by atoms with E-state index in [1.54, 1.807) is 13.1 Å². The monoisotopic (exact) mass is 506 g/mol. The van der Waals surface area contributed by atoms with Gasteiger partial charge in [-0.3, -0.25) is 4.99 Å². The minimum Gasteiger partial charge on any atom is -0.467 e. The molecule has 28 heavy (non-hydrogen) atoms. The summed E-state index contributed by atoms with van der Waals surface area (Å²) in [7, 11) is 1.78. The Morgan fingerprint density at radius 2 is 2.11 bits per heavy atom. The van der Waals surface area contributed by atoms with Crippen molar-refractivity contribution in [3.8, 4) is 5.75 Å². The van der Waals surface area contributed by atoms with E-state index in [0.717, 1.165) is 48.8 Å². The quantitative estimate of drug-likeness (QED) is 0.353. The Morgan fingerprint density at radius 3 is 2.82 bits per heavy atom. The van der Waals surface area contributed by atoms with Crippen molar-refractivity contribution in [1.82, 2.24) is 15.5 Å². The number of hydrogen-bond donors (Lipinski definition) is 2. The van der Waals surface area contributed by atoms with Gasteiger partial charge in [0.2, 0.25) is 0 Å². The number of nitrogens with one attached hydrogen (secondary N) is 2. The first-order valence-electron chi connectivity index (χ1n) is 9.91. The van der Waals surface area contributed by atoms with Gasteiger partial charge in [-0.1, -0.05) is 6.92 Å². The number of benzene rings is 1. The van der Waals surface area contributed by atoms with Gasteiger partial charge < -0.3 is 25.0 Å². The second-order valence-corrected chi connectivity index (χ2v) is 7.17. The van der Waals surface area contributed by atoms with E-state index in [4.69, 9.17) is 9.47 Å². The fraction of sp³-hybridized carbons (Fsp3) is 0.650. The minimum absolute atomic E-state index is 0. The van der Waals surface area contributed by atoms with Gasteiger partial charge in [0, 0.05) is 38.3 Å². The molecule has 0 aromatic heterocycles. The van der Waals surface area contributed by atoms with E-state index < -0.39 is 0 Å². The molecule has 8 heteroatoms. The Balaban J connectivity index is 0.00000280. The number of hydrogen-bond acceptors (Lipinski definition) is 4. The highest BCUT2D eigenvalue weighted by Crippen LogP contribution is 2.29. The number of guanidine groups is 1. The van der Waals surface area contributed by atoms with Crippen molar-refractivity contribution < 1.29 is 13.9 Å². The zero-order valence-electron chi connectivity index (χ0n) is 16.8. The molecule has 0 unspecified atom stereocenters. The Hall–Kier alpha value is -1.13. The number of rotatable bonds is 6. The third-order valence-corrected chi connectivity index (χ3v) is 5.13. The van der Waals surface area contributed by atoms with Crippen molar-refractivity contribution in [2.45, 2.75) is 45.3 Å². The molecular formula is C20H32FIN4O2. The summed E-state index contributed by atoms with van der Waals surface area (Å²) in [6.45, 7) is 6.96. The van der Waals surface area contributed by atoms with Crippen LogP contribution in [0.15, 0.2) is 17.1 Å². The summed E-state index contributed by atoms with van der Waals surface area (Å²) < 4.78 is 24.6. The van der Waals surface area contributed by atoms with E-state index >= 15 is 0 Å². The van der Waals surface area contributed by atoms with Crippen LogP contribution in [0, 0.1) is 5.82 Å². The van der Waals surface area contributed by atoms with Crippen LogP contribution in [0.1, 0.15) is 37.3 Å². The maximum atomic E-state index is 13.8. The third-order valence-electron chi connectivity index (χ3n) is 5.13. The molecule has 158 valence electrons. The minimum atomic E-state index is -0.251. The molecule has 0 amide bonds. The van der Waals surface area contributed by atoms with E-state index in [-0.39, 0.29) is 36.6 Å². The van der Waals surface area contributed by atoms with Gasteiger partial charge in [0.15, 0.2) is 12.8 Å². The normalized spacial score (nSPS) is 18.0. The van der Waals surface area contributed by atoms with Crippen LogP contribution >= 0.6 is 24.0 Å². The van der Waals surface area contributed by atoms with Crippen LogP contribution in [0.2, 0.25) is 0 Å².